The van der Waals surface area contributed by atoms with Crippen molar-refractivity contribution in [3.8, 4) is 0 Å². The molecule has 0 radical (unpaired) electrons. The standard InChI is InChI=1S/C19H27N3/c1-16-13-18(20-14-19-9-6-11-21(19)2)10-12-22(16)15-17-7-4-3-5-8-17/h3-9,11,16,18,20H,10,12-15H2,1-2H3/t16-,18+/m0/s1. The molecular formula is C19H27N3. The SMILES string of the molecule is C[C@H]1C[C@H](NCc2cccn2C)CCN1Cc1ccccc1. The summed E-state index contributed by atoms with van der Waals surface area (Å²) in [5, 5.41) is 3.73. The van der Waals surface area contributed by atoms with Crippen LogP contribution in [0, 0.1) is 0 Å². The molecule has 3 nitrogen and oxygen atoms in total. The van der Waals surface area contributed by atoms with Gasteiger partial charge in [0.15, 0.2) is 0 Å². The van der Waals surface area contributed by atoms with Crippen molar-refractivity contribution in [3.05, 3.63) is 59.9 Å². The second-order valence-corrected chi connectivity index (χ2v) is 6.52. The molecule has 0 unspecified atom stereocenters. The van der Waals surface area contributed by atoms with Gasteiger partial charge in [0.2, 0.25) is 0 Å². The molecule has 0 amide bonds. The number of nitrogens with zero attached hydrogens (tertiary/aromatic N) is 2. The van der Waals surface area contributed by atoms with E-state index in [0.717, 1.165) is 13.1 Å². The third-order valence-electron chi connectivity index (χ3n) is 4.87. The highest BCUT2D eigenvalue weighted by molar-refractivity contribution is 5.14. The van der Waals surface area contributed by atoms with Crippen molar-refractivity contribution in [2.75, 3.05) is 6.54 Å². The number of likely N-dealkylation sites (tertiary alicyclic amines) is 1. The number of benzene rings is 1. The second kappa shape index (κ2) is 7.12. The maximum Gasteiger partial charge on any atom is 0.0361 e. The lowest BCUT2D eigenvalue weighted by atomic mass is 9.97. The minimum atomic E-state index is 0.636. The van der Waals surface area contributed by atoms with E-state index in [-0.39, 0.29) is 0 Å². The summed E-state index contributed by atoms with van der Waals surface area (Å²) in [5.41, 5.74) is 2.78. The molecule has 1 aromatic carbocycles. The van der Waals surface area contributed by atoms with E-state index in [1.165, 1.54) is 30.6 Å². The van der Waals surface area contributed by atoms with Crippen molar-refractivity contribution in [3.63, 3.8) is 0 Å². The highest BCUT2D eigenvalue weighted by Crippen LogP contribution is 2.20. The molecule has 1 aromatic heterocycles. The van der Waals surface area contributed by atoms with Gasteiger partial charge in [0.25, 0.3) is 0 Å². The Kier molecular flexibility index (Phi) is 4.96. The third-order valence-corrected chi connectivity index (χ3v) is 4.87. The van der Waals surface area contributed by atoms with Gasteiger partial charge in [-0.2, -0.15) is 0 Å². The molecule has 1 aliphatic rings. The highest BCUT2D eigenvalue weighted by atomic mass is 15.2. The average Bonchev–Trinajstić information content (AvgIpc) is 2.94. The van der Waals surface area contributed by atoms with Crippen molar-refractivity contribution in [2.45, 2.75) is 44.9 Å². The van der Waals surface area contributed by atoms with Gasteiger partial charge in [-0.05, 0) is 37.5 Å². The second-order valence-electron chi connectivity index (χ2n) is 6.52. The van der Waals surface area contributed by atoms with Crippen molar-refractivity contribution >= 4 is 0 Å². The zero-order chi connectivity index (χ0) is 15.4. The van der Waals surface area contributed by atoms with E-state index in [1.54, 1.807) is 0 Å². The smallest absolute Gasteiger partial charge is 0.0361 e. The highest BCUT2D eigenvalue weighted by Gasteiger charge is 2.25. The third kappa shape index (κ3) is 3.79. The lowest BCUT2D eigenvalue weighted by molar-refractivity contribution is 0.128. The first-order valence-electron chi connectivity index (χ1n) is 8.34. The summed E-state index contributed by atoms with van der Waals surface area (Å²) in [6.07, 6.45) is 4.58. The molecule has 0 spiro atoms. The fourth-order valence-electron chi connectivity index (χ4n) is 3.39. The minimum absolute atomic E-state index is 0.636. The number of hydrogen-bond acceptors (Lipinski definition) is 2. The Morgan fingerprint density at radius 2 is 1.95 bits per heavy atom. The van der Waals surface area contributed by atoms with E-state index in [1.807, 2.05) is 0 Å². The maximum absolute atomic E-state index is 3.73. The summed E-state index contributed by atoms with van der Waals surface area (Å²) in [6.45, 7) is 5.59. The predicted octanol–water partition coefficient (Wildman–Crippen LogP) is 3.17. The minimum Gasteiger partial charge on any atom is -0.353 e. The maximum atomic E-state index is 3.73. The Bertz CT molecular complexity index is 575. The molecule has 2 heterocycles. The zero-order valence-corrected chi connectivity index (χ0v) is 13.7. The van der Waals surface area contributed by atoms with Crippen molar-refractivity contribution in [2.24, 2.45) is 7.05 Å². The Morgan fingerprint density at radius 1 is 1.14 bits per heavy atom. The lowest BCUT2D eigenvalue weighted by Crippen LogP contribution is -2.46. The Labute approximate surface area is 133 Å². The molecule has 2 atom stereocenters. The van der Waals surface area contributed by atoms with E-state index in [4.69, 9.17) is 0 Å². The van der Waals surface area contributed by atoms with Crippen LogP contribution in [-0.4, -0.2) is 28.1 Å². The molecule has 1 saturated heterocycles. The van der Waals surface area contributed by atoms with Crippen LogP contribution in [0.2, 0.25) is 0 Å². The van der Waals surface area contributed by atoms with E-state index >= 15 is 0 Å². The van der Waals surface area contributed by atoms with Gasteiger partial charge in [0, 0.05) is 50.7 Å². The normalized spacial score (nSPS) is 22.8. The molecule has 1 aliphatic heterocycles. The van der Waals surface area contributed by atoms with Crippen LogP contribution in [0.4, 0.5) is 0 Å². The summed E-state index contributed by atoms with van der Waals surface area (Å²) >= 11 is 0. The van der Waals surface area contributed by atoms with Gasteiger partial charge < -0.3 is 9.88 Å². The number of aryl methyl sites for hydroxylation is 1. The number of piperidine rings is 1. The van der Waals surface area contributed by atoms with Gasteiger partial charge in [0.05, 0.1) is 0 Å². The summed E-state index contributed by atoms with van der Waals surface area (Å²) in [6, 6.07) is 16.4. The van der Waals surface area contributed by atoms with E-state index in [2.05, 4.69) is 77.4 Å². The fraction of sp³-hybridized carbons (Fsp3) is 0.474. The predicted molar refractivity (Wildman–Crippen MR) is 91.6 cm³/mol. The largest absolute Gasteiger partial charge is 0.353 e. The van der Waals surface area contributed by atoms with Crippen molar-refractivity contribution < 1.29 is 0 Å². The summed E-state index contributed by atoms with van der Waals surface area (Å²) in [5.74, 6) is 0. The summed E-state index contributed by atoms with van der Waals surface area (Å²) < 4.78 is 2.20. The molecule has 0 saturated carbocycles. The molecular weight excluding hydrogens is 270 g/mol. The van der Waals surface area contributed by atoms with Gasteiger partial charge in [0.1, 0.15) is 0 Å². The quantitative estimate of drug-likeness (QED) is 0.915. The first-order valence-corrected chi connectivity index (χ1v) is 8.34. The van der Waals surface area contributed by atoms with Crippen molar-refractivity contribution in [1.82, 2.24) is 14.8 Å². The van der Waals surface area contributed by atoms with E-state index in [9.17, 15) is 0 Å². The molecule has 2 aromatic rings. The van der Waals surface area contributed by atoms with Crippen LogP contribution < -0.4 is 5.32 Å². The molecule has 3 rings (SSSR count). The topological polar surface area (TPSA) is 20.2 Å². The number of hydrogen-bond donors (Lipinski definition) is 1. The van der Waals surface area contributed by atoms with Crippen LogP contribution in [0.5, 0.6) is 0 Å². The molecule has 1 fully saturated rings. The van der Waals surface area contributed by atoms with Crippen LogP contribution in [0.1, 0.15) is 31.0 Å². The number of aromatic nitrogens is 1. The van der Waals surface area contributed by atoms with Crippen LogP contribution >= 0.6 is 0 Å². The summed E-state index contributed by atoms with van der Waals surface area (Å²) in [4.78, 5) is 2.61. The molecule has 22 heavy (non-hydrogen) atoms. The van der Waals surface area contributed by atoms with E-state index in [0.29, 0.717) is 12.1 Å². The molecule has 0 bridgehead atoms. The van der Waals surface area contributed by atoms with Crippen LogP contribution in [-0.2, 0) is 20.1 Å². The first kappa shape index (κ1) is 15.3. The Balaban J connectivity index is 1.48. The van der Waals surface area contributed by atoms with Gasteiger partial charge in [-0.25, -0.2) is 0 Å². The average molecular weight is 297 g/mol. The van der Waals surface area contributed by atoms with Gasteiger partial charge in [-0.1, -0.05) is 30.3 Å². The Morgan fingerprint density at radius 3 is 2.64 bits per heavy atom. The van der Waals surface area contributed by atoms with Gasteiger partial charge >= 0.3 is 0 Å². The van der Waals surface area contributed by atoms with Crippen LogP contribution in [0.25, 0.3) is 0 Å². The van der Waals surface area contributed by atoms with Gasteiger partial charge in [-0.15, -0.1) is 0 Å². The Hall–Kier alpha value is -1.58. The number of nitrogens with one attached hydrogen (secondary N) is 1. The number of rotatable bonds is 5. The van der Waals surface area contributed by atoms with E-state index < -0.39 is 0 Å². The lowest BCUT2D eigenvalue weighted by Gasteiger charge is -2.38. The van der Waals surface area contributed by atoms with Crippen molar-refractivity contribution in [1.29, 1.82) is 0 Å². The molecule has 0 aliphatic carbocycles. The zero-order valence-electron chi connectivity index (χ0n) is 13.7. The van der Waals surface area contributed by atoms with Crippen LogP contribution in [0.3, 0.4) is 0 Å². The summed E-state index contributed by atoms with van der Waals surface area (Å²) in [7, 11) is 2.11. The first-order chi connectivity index (χ1) is 10.7. The van der Waals surface area contributed by atoms with Gasteiger partial charge in [-0.3, -0.25) is 4.90 Å². The molecule has 118 valence electrons. The molecule has 3 heteroatoms. The molecule has 1 N–H and O–H groups in total. The van der Waals surface area contributed by atoms with Crippen LogP contribution in [0.15, 0.2) is 48.7 Å². The fourth-order valence-corrected chi connectivity index (χ4v) is 3.39. The monoisotopic (exact) mass is 297 g/mol.